The van der Waals surface area contributed by atoms with E-state index in [9.17, 15) is 4.79 Å². The lowest BCUT2D eigenvalue weighted by molar-refractivity contribution is 0.0595. The first-order valence-electron chi connectivity index (χ1n) is 8.56. The van der Waals surface area contributed by atoms with Crippen LogP contribution >= 0.6 is 0 Å². The summed E-state index contributed by atoms with van der Waals surface area (Å²) in [6, 6.07) is 3.69. The number of benzene rings is 1. The van der Waals surface area contributed by atoms with E-state index in [-0.39, 0.29) is 11.9 Å². The Hall–Kier alpha value is -1.71. The maximum atomic E-state index is 12.1. The van der Waals surface area contributed by atoms with Gasteiger partial charge in [0, 0.05) is 6.07 Å². The molecule has 0 aliphatic rings. The van der Waals surface area contributed by atoms with Crippen molar-refractivity contribution < 1.29 is 19.0 Å². The molecule has 1 rings (SSSR count). The molecular weight excluding hydrogens is 292 g/mol. The molecule has 0 spiro atoms. The number of carbonyl (C=O) groups excluding carboxylic acids is 1. The van der Waals surface area contributed by atoms with E-state index in [1.807, 2.05) is 12.1 Å². The minimum absolute atomic E-state index is 0.250. The van der Waals surface area contributed by atoms with Crippen LogP contribution in [-0.4, -0.2) is 26.3 Å². The van der Waals surface area contributed by atoms with E-state index in [1.54, 1.807) is 0 Å². The smallest absolute Gasteiger partial charge is 0.341 e. The normalized spacial score (nSPS) is 10.7. The van der Waals surface area contributed by atoms with Gasteiger partial charge in [0.25, 0.3) is 0 Å². The van der Waals surface area contributed by atoms with Crippen LogP contribution in [-0.2, 0) is 4.74 Å². The average Bonchev–Trinajstić information content (AvgIpc) is 2.54. The number of methoxy groups -OCH3 is 1. The third kappa shape index (κ3) is 5.77. The predicted octanol–water partition coefficient (Wildman–Crippen LogP) is 4.95. The fourth-order valence-electron chi connectivity index (χ4n) is 2.20. The van der Waals surface area contributed by atoms with Crippen molar-refractivity contribution in [3.63, 3.8) is 0 Å². The fourth-order valence-corrected chi connectivity index (χ4v) is 2.20. The Morgan fingerprint density at radius 2 is 1.57 bits per heavy atom. The highest BCUT2D eigenvalue weighted by Crippen LogP contribution is 2.34. The summed E-state index contributed by atoms with van der Waals surface area (Å²) in [6.07, 6.45) is 4.06. The molecule has 4 heteroatoms. The Kier molecular flexibility index (Phi) is 8.52. The topological polar surface area (TPSA) is 44.8 Å². The number of ether oxygens (including phenoxy) is 3. The quantitative estimate of drug-likeness (QED) is 0.451. The van der Waals surface area contributed by atoms with Gasteiger partial charge in [0.1, 0.15) is 17.1 Å². The maximum Gasteiger partial charge on any atom is 0.341 e. The molecule has 0 unspecified atom stereocenters. The van der Waals surface area contributed by atoms with Gasteiger partial charge in [-0.2, -0.15) is 0 Å². The van der Waals surface area contributed by atoms with E-state index < -0.39 is 0 Å². The largest absolute Gasteiger partial charge is 0.493 e. The molecule has 130 valence electrons. The van der Waals surface area contributed by atoms with Gasteiger partial charge in [0.05, 0.1) is 20.3 Å². The Morgan fingerprint density at radius 1 is 1.00 bits per heavy atom. The molecule has 0 amide bonds. The van der Waals surface area contributed by atoms with Crippen molar-refractivity contribution >= 4 is 5.97 Å². The lowest BCUT2D eigenvalue weighted by Gasteiger charge is -2.18. The number of esters is 1. The van der Waals surface area contributed by atoms with Gasteiger partial charge >= 0.3 is 5.97 Å². The Labute approximate surface area is 140 Å². The average molecular weight is 322 g/mol. The van der Waals surface area contributed by atoms with Crippen molar-refractivity contribution in [1.82, 2.24) is 0 Å². The Bertz CT molecular complexity index is 494. The Balaban J connectivity index is 3.16. The van der Waals surface area contributed by atoms with Crippen LogP contribution in [0.1, 0.15) is 75.2 Å². The van der Waals surface area contributed by atoms with Crippen molar-refractivity contribution in [2.24, 2.45) is 0 Å². The van der Waals surface area contributed by atoms with Crippen molar-refractivity contribution in [3.8, 4) is 11.5 Å². The van der Waals surface area contributed by atoms with Gasteiger partial charge in [-0.15, -0.1) is 0 Å². The second-order valence-corrected chi connectivity index (χ2v) is 5.94. The summed E-state index contributed by atoms with van der Waals surface area (Å²) in [7, 11) is 1.39. The lowest BCUT2D eigenvalue weighted by Crippen LogP contribution is -2.10. The molecule has 0 aliphatic heterocycles. The van der Waals surface area contributed by atoms with Crippen LogP contribution in [0, 0.1) is 0 Å². The molecule has 0 bridgehead atoms. The standard InChI is InChI=1S/C19H30O4/c1-6-8-10-22-17-13-18(23-11-9-7-2)16(19(20)21-5)12-15(17)14(3)4/h12-14H,6-11H2,1-5H3. The summed E-state index contributed by atoms with van der Waals surface area (Å²) >= 11 is 0. The van der Waals surface area contributed by atoms with Crippen molar-refractivity contribution in [3.05, 3.63) is 23.3 Å². The van der Waals surface area contributed by atoms with Crippen LogP contribution in [0.5, 0.6) is 11.5 Å². The highest BCUT2D eigenvalue weighted by Gasteiger charge is 2.19. The molecule has 0 aliphatic carbocycles. The second kappa shape index (κ2) is 10.1. The number of rotatable bonds is 10. The van der Waals surface area contributed by atoms with Gasteiger partial charge < -0.3 is 14.2 Å². The minimum Gasteiger partial charge on any atom is -0.493 e. The van der Waals surface area contributed by atoms with Gasteiger partial charge in [-0.05, 0) is 30.4 Å². The molecule has 0 N–H and O–H groups in total. The van der Waals surface area contributed by atoms with Gasteiger partial charge in [-0.1, -0.05) is 40.5 Å². The molecule has 1 aromatic rings. The monoisotopic (exact) mass is 322 g/mol. The second-order valence-electron chi connectivity index (χ2n) is 5.94. The zero-order chi connectivity index (χ0) is 17.2. The van der Waals surface area contributed by atoms with E-state index >= 15 is 0 Å². The molecule has 23 heavy (non-hydrogen) atoms. The number of unbranched alkanes of at least 4 members (excludes halogenated alkanes) is 2. The van der Waals surface area contributed by atoms with Gasteiger partial charge in [0.2, 0.25) is 0 Å². The third-order valence-electron chi connectivity index (χ3n) is 3.65. The molecule has 0 saturated carbocycles. The summed E-state index contributed by atoms with van der Waals surface area (Å²) < 4.78 is 16.6. The number of hydrogen-bond acceptors (Lipinski definition) is 4. The van der Waals surface area contributed by atoms with Gasteiger partial charge in [-0.3, -0.25) is 0 Å². The van der Waals surface area contributed by atoms with E-state index in [2.05, 4.69) is 27.7 Å². The molecule has 0 saturated heterocycles. The first kappa shape index (κ1) is 19.3. The summed E-state index contributed by atoms with van der Waals surface area (Å²) in [5.41, 5.74) is 1.47. The van der Waals surface area contributed by atoms with Crippen molar-refractivity contribution in [2.75, 3.05) is 20.3 Å². The third-order valence-corrected chi connectivity index (χ3v) is 3.65. The highest BCUT2D eigenvalue weighted by atomic mass is 16.5. The minimum atomic E-state index is -0.376. The van der Waals surface area contributed by atoms with Crippen molar-refractivity contribution in [2.45, 2.75) is 59.3 Å². The molecule has 1 aromatic carbocycles. The summed E-state index contributed by atoms with van der Waals surface area (Å²) in [4.78, 5) is 12.1. The lowest BCUT2D eigenvalue weighted by atomic mass is 9.98. The SMILES string of the molecule is CCCCOc1cc(OCCCC)c(C(C)C)cc1C(=O)OC. The summed E-state index contributed by atoms with van der Waals surface area (Å²) in [5.74, 6) is 1.21. The van der Waals surface area contributed by atoms with Crippen LogP contribution in [0.3, 0.4) is 0 Å². The van der Waals surface area contributed by atoms with Gasteiger partial charge in [0.15, 0.2) is 0 Å². The Morgan fingerprint density at radius 3 is 2.04 bits per heavy atom. The van der Waals surface area contributed by atoms with E-state index in [1.165, 1.54) is 7.11 Å². The maximum absolute atomic E-state index is 12.1. The predicted molar refractivity (Wildman–Crippen MR) is 92.7 cm³/mol. The first-order valence-corrected chi connectivity index (χ1v) is 8.56. The summed E-state index contributed by atoms with van der Waals surface area (Å²) in [5, 5.41) is 0. The zero-order valence-corrected chi connectivity index (χ0v) is 15.1. The molecule has 4 nitrogen and oxygen atoms in total. The van der Waals surface area contributed by atoms with E-state index in [4.69, 9.17) is 14.2 Å². The molecule has 0 radical (unpaired) electrons. The molecule has 0 fully saturated rings. The molecule has 0 atom stereocenters. The molecule has 0 heterocycles. The van der Waals surface area contributed by atoms with Crippen molar-refractivity contribution in [1.29, 1.82) is 0 Å². The molecular formula is C19H30O4. The van der Waals surface area contributed by atoms with Gasteiger partial charge in [-0.25, -0.2) is 4.79 Å². The van der Waals surface area contributed by atoms with Crippen LogP contribution < -0.4 is 9.47 Å². The van der Waals surface area contributed by atoms with Crippen LogP contribution in [0.4, 0.5) is 0 Å². The van der Waals surface area contributed by atoms with E-state index in [0.29, 0.717) is 24.5 Å². The van der Waals surface area contributed by atoms with E-state index in [0.717, 1.165) is 37.0 Å². The fraction of sp³-hybridized carbons (Fsp3) is 0.632. The number of hydrogen-bond donors (Lipinski definition) is 0. The number of carbonyl (C=O) groups is 1. The molecule has 0 aromatic heterocycles. The summed E-state index contributed by atoms with van der Waals surface area (Å²) in [6.45, 7) is 9.65. The van der Waals surface area contributed by atoms with Crippen LogP contribution in [0.15, 0.2) is 12.1 Å². The highest BCUT2D eigenvalue weighted by molar-refractivity contribution is 5.93. The first-order chi connectivity index (χ1) is 11.0. The van der Waals surface area contributed by atoms with Crippen LogP contribution in [0.2, 0.25) is 0 Å². The van der Waals surface area contributed by atoms with Crippen LogP contribution in [0.25, 0.3) is 0 Å². The zero-order valence-electron chi connectivity index (χ0n) is 15.1.